The summed E-state index contributed by atoms with van der Waals surface area (Å²) < 4.78 is 41.3. The fourth-order valence-electron chi connectivity index (χ4n) is 3.45. The van der Waals surface area contributed by atoms with Crippen molar-refractivity contribution < 1.29 is 13.2 Å². The van der Waals surface area contributed by atoms with Crippen LogP contribution in [0.4, 0.5) is 13.2 Å². The van der Waals surface area contributed by atoms with Crippen LogP contribution in [0.15, 0.2) is 30.3 Å². The highest BCUT2D eigenvalue weighted by Gasteiger charge is 2.30. The zero-order valence-corrected chi connectivity index (χ0v) is 15.9. The van der Waals surface area contributed by atoms with E-state index in [2.05, 4.69) is 15.3 Å². The highest BCUT2D eigenvalue weighted by Crippen LogP contribution is 2.33. The molecule has 2 heterocycles. The molecule has 5 nitrogen and oxygen atoms in total. The Kier molecular flexibility index (Phi) is 5.01. The molecule has 1 aliphatic carbocycles. The van der Waals surface area contributed by atoms with Gasteiger partial charge in [-0.25, -0.2) is 9.97 Å². The number of alkyl halides is 3. The monoisotopic (exact) mass is 399 g/mol. The number of nitrogens with zero attached hydrogens (tertiary/aromatic N) is 4. The van der Waals surface area contributed by atoms with Crippen LogP contribution in [0.25, 0.3) is 22.3 Å². The molecule has 0 radical (unpaired) electrons. The van der Waals surface area contributed by atoms with Gasteiger partial charge in [0.05, 0.1) is 23.3 Å². The summed E-state index contributed by atoms with van der Waals surface area (Å²) in [5.41, 5.74) is 1.20. The first-order valence-electron chi connectivity index (χ1n) is 9.59. The Morgan fingerprint density at radius 3 is 2.69 bits per heavy atom. The number of pyridine rings is 1. The molecule has 3 aromatic rings. The predicted molar refractivity (Wildman–Crippen MR) is 103 cm³/mol. The molecule has 4 rings (SSSR count). The van der Waals surface area contributed by atoms with Crippen molar-refractivity contribution in [3.8, 4) is 17.3 Å². The summed E-state index contributed by atoms with van der Waals surface area (Å²) >= 11 is 0. The fraction of sp³-hybridized carbons (Fsp3) is 0.381. The van der Waals surface area contributed by atoms with E-state index in [1.165, 1.54) is 18.9 Å². The molecule has 29 heavy (non-hydrogen) atoms. The molecule has 0 aliphatic heterocycles. The zero-order chi connectivity index (χ0) is 20.6. The second-order valence-electron chi connectivity index (χ2n) is 7.26. The number of aromatic nitrogens is 3. The molecule has 1 aromatic carbocycles. The third-order valence-electron chi connectivity index (χ3n) is 5.14. The number of imidazole rings is 1. The highest BCUT2D eigenvalue weighted by molar-refractivity contribution is 5.85. The van der Waals surface area contributed by atoms with E-state index >= 15 is 0 Å². The Hall–Kier alpha value is -2.92. The molecule has 1 fully saturated rings. The first-order chi connectivity index (χ1) is 13.9. The number of aryl methyl sites for hydroxylation is 1. The van der Waals surface area contributed by atoms with Crippen LogP contribution in [0.3, 0.4) is 0 Å². The van der Waals surface area contributed by atoms with E-state index < -0.39 is 11.7 Å². The van der Waals surface area contributed by atoms with Crippen molar-refractivity contribution in [2.75, 3.05) is 6.54 Å². The number of hydrogen-bond donors (Lipinski definition) is 1. The normalized spacial score (nSPS) is 14.3. The van der Waals surface area contributed by atoms with Gasteiger partial charge in [-0.05, 0) is 50.4 Å². The number of nitrogens with one attached hydrogen (secondary N) is 1. The van der Waals surface area contributed by atoms with Crippen molar-refractivity contribution in [2.24, 2.45) is 5.92 Å². The van der Waals surface area contributed by atoms with Crippen LogP contribution >= 0.6 is 0 Å². The molecule has 1 saturated carbocycles. The van der Waals surface area contributed by atoms with Crippen LogP contribution in [0.5, 0.6) is 0 Å². The summed E-state index contributed by atoms with van der Waals surface area (Å²) in [5.74, 6) is 1.53. The van der Waals surface area contributed by atoms with Gasteiger partial charge >= 0.3 is 6.18 Å². The molecular weight excluding hydrogens is 379 g/mol. The van der Waals surface area contributed by atoms with Crippen LogP contribution < -0.4 is 5.32 Å². The molecule has 0 amide bonds. The maximum absolute atomic E-state index is 13.1. The standard InChI is InChI=1S/C21H20F3N5/c1-2-29-18-9-16(14-4-3-5-15(8-14)21(22,23)24)27-17(10-25)20(18)28-19(29)12-26-11-13-6-7-13/h3-5,8-9,13,26H,2,6-7,11-12H2,1H3. The Balaban J connectivity index is 1.77. The van der Waals surface area contributed by atoms with E-state index in [1.54, 1.807) is 12.1 Å². The summed E-state index contributed by atoms with van der Waals surface area (Å²) in [6.45, 7) is 4.12. The lowest BCUT2D eigenvalue weighted by Gasteiger charge is -2.10. The van der Waals surface area contributed by atoms with Gasteiger partial charge in [0.25, 0.3) is 0 Å². The molecule has 0 spiro atoms. The van der Waals surface area contributed by atoms with Crippen molar-refractivity contribution in [3.63, 3.8) is 0 Å². The van der Waals surface area contributed by atoms with Crippen LogP contribution in [-0.4, -0.2) is 21.1 Å². The van der Waals surface area contributed by atoms with Crippen LogP contribution in [0.1, 0.15) is 36.8 Å². The minimum Gasteiger partial charge on any atom is -0.327 e. The number of nitriles is 1. The quantitative estimate of drug-likeness (QED) is 0.662. The predicted octanol–water partition coefficient (Wildman–Crippen LogP) is 4.51. The molecule has 1 N–H and O–H groups in total. The summed E-state index contributed by atoms with van der Waals surface area (Å²) in [6.07, 6.45) is -1.94. The fourth-order valence-corrected chi connectivity index (χ4v) is 3.45. The highest BCUT2D eigenvalue weighted by atomic mass is 19.4. The van der Waals surface area contributed by atoms with E-state index in [-0.39, 0.29) is 5.69 Å². The van der Waals surface area contributed by atoms with Crippen molar-refractivity contribution in [2.45, 2.75) is 39.0 Å². The van der Waals surface area contributed by atoms with Gasteiger partial charge in [0.2, 0.25) is 0 Å². The summed E-state index contributed by atoms with van der Waals surface area (Å²) in [6, 6.07) is 8.75. The molecule has 8 heteroatoms. The molecule has 1 aliphatic rings. The molecule has 0 unspecified atom stereocenters. The second-order valence-corrected chi connectivity index (χ2v) is 7.26. The van der Waals surface area contributed by atoms with Gasteiger partial charge in [0.1, 0.15) is 17.4 Å². The number of hydrogen-bond acceptors (Lipinski definition) is 4. The lowest BCUT2D eigenvalue weighted by molar-refractivity contribution is -0.137. The van der Waals surface area contributed by atoms with E-state index in [4.69, 9.17) is 0 Å². The Morgan fingerprint density at radius 1 is 1.24 bits per heavy atom. The van der Waals surface area contributed by atoms with Crippen LogP contribution in [0.2, 0.25) is 0 Å². The molecule has 150 valence electrons. The molecule has 2 aromatic heterocycles. The minimum absolute atomic E-state index is 0.116. The summed E-state index contributed by atoms with van der Waals surface area (Å²) in [4.78, 5) is 8.89. The minimum atomic E-state index is -4.44. The number of fused-ring (bicyclic) bond motifs is 1. The average Bonchev–Trinajstić information content (AvgIpc) is 3.46. The third kappa shape index (κ3) is 3.96. The van der Waals surface area contributed by atoms with Crippen molar-refractivity contribution >= 4 is 11.0 Å². The molecule has 0 saturated heterocycles. The zero-order valence-electron chi connectivity index (χ0n) is 15.9. The van der Waals surface area contributed by atoms with E-state index in [0.717, 1.165) is 30.4 Å². The van der Waals surface area contributed by atoms with Crippen molar-refractivity contribution in [1.29, 1.82) is 5.26 Å². The van der Waals surface area contributed by atoms with Gasteiger partial charge in [0.15, 0.2) is 5.69 Å². The lowest BCUT2D eigenvalue weighted by atomic mass is 10.1. The molecule has 0 atom stereocenters. The van der Waals surface area contributed by atoms with Crippen molar-refractivity contribution in [3.05, 3.63) is 47.4 Å². The summed E-state index contributed by atoms with van der Waals surface area (Å²) in [5, 5.41) is 13.0. The molecule has 0 bridgehead atoms. The topological polar surface area (TPSA) is 66.5 Å². The Morgan fingerprint density at radius 2 is 2.03 bits per heavy atom. The average molecular weight is 399 g/mol. The maximum atomic E-state index is 13.1. The Labute approximate surface area is 166 Å². The lowest BCUT2D eigenvalue weighted by Crippen LogP contribution is -2.19. The smallest absolute Gasteiger partial charge is 0.327 e. The number of rotatable bonds is 6. The third-order valence-corrected chi connectivity index (χ3v) is 5.14. The Bertz CT molecular complexity index is 1090. The van der Waals surface area contributed by atoms with E-state index in [0.29, 0.717) is 35.4 Å². The summed E-state index contributed by atoms with van der Waals surface area (Å²) in [7, 11) is 0. The first-order valence-corrected chi connectivity index (χ1v) is 9.59. The van der Waals surface area contributed by atoms with Crippen LogP contribution in [-0.2, 0) is 19.3 Å². The first kappa shape index (κ1) is 19.4. The van der Waals surface area contributed by atoms with Crippen molar-refractivity contribution in [1.82, 2.24) is 19.9 Å². The molecular formula is C21H20F3N5. The van der Waals surface area contributed by atoms with E-state index in [1.807, 2.05) is 17.6 Å². The number of halogens is 3. The van der Waals surface area contributed by atoms with Gasteiger partial charge in [-0.3, -0.25) is 0 Å². The maximum Gasteiger partial charge on any atom is 0.416 e. The van der Waals surface area contributed by atoms with Gasteiger partial charge in [0, 0.05) is 12.1 Å². The van der Waals surface area contributed by atoms with Gasteiger partial charge < -0.3 is 9.88 Å². The number of benzene rings is 1. The van der Waals surface area contributed by atoms with E-state index in [9.17, 15) is 18.4 Å². The van der Waals surface area contributed by atoms with Gasteiger partial charge in [-0.2, -0.15) is 18.4 Å². The largest absolute Gasteiger partial charge is 0.416 e. The van der Waals surface area contributed by atoms with Gasteiger partial charge in [-0.1, -0.05) is 12.1 Å². The van der Waals surface area contributed by atoms with Gasteiger partial charge in [-0.15, -0.1) is 0 Å². The second kappa shape index (κ2) is 7.48. The SMILES string of the molecule is CCn1c(CNCC2CC2)nc2c(C#N)nc(-c3cccc(C(F)(F)F)c3)cc21. The van der Waals surface area contributed by atoms with Crippen LogP contribution in [0, 0.1) is 17.2 Å².